The lowest BCUT2D eigenvalue weighted by Gasteiger charge is -2.22. The van der Waals surface area contributed by atoms with E-state index < -0.39 is 21.5 Å². The van der Waals surface area contributed by atoms with Gasteiger partial charge < -0.3 is 15.4 Å². The van der Waals surface area contributed by atoms with Crippen molar-refractivity contribution in [1.82, 2.24) is 9.29 Å². The SMILES string of the molecule is CCCC(C)(O)CNS(=O)(=O)c1cc(C(N)=O)n(C)c1. The monoisotopic (exact) mass is 303 g/mol. The quantitative estimate of drug-likeness (QED) is 0.655. The third-order valence-electron chi connectivity index (χ3n) is 2.97. The van der Waals surface area contributed by atoms with Crippen molar-refractivity contribution in [3.63, 3.8) is 0 Å². The van der Waals surface area contributed by atoms with Gasteiger partial charge in [-0.3, -0.25) is 4.79 Å². The van der Waals surface area contributed by atoms with Crippen molar-refractivity contribution in [2.24, 2.45) is 12.8 Å². The Hall–Kier alpha value is -1.38. The zero-order chi connectivity index (χ0) is 15.6. The van der Waals surface area contributed by atoms with Gasteiger partial charge in [-0.05, 0) is 19.4 Å². The van der Waals surface area contributed by atoms with Gasteiger partial charge in [0, 0.05) is 19.8 Å². The normalized spacial score (nSPS) is 15.0. The van der Waals surface area contributed by atoms with Crippen LogP contribution >= 0.6 is 0 Å². The molecule has 1 rings (SSSR count). The van der Waals surface area contributed by atoms with Crippen molar-refractivity contribution < 1.29 is 18.3 Å². The second-order valence-electron chi connectivity index (χ2n) is 5.11. The van der Waals surface area contributed by atoms with Crippen LogP contribution in [0.2, 0.25) is 0 Å². The Labute approximate surface area is 118 Å². The fourth-order valence-corrected chi connectivity index (χ4v) is 3.12. The highest BCUT2D eigenvalue weighted by molar-refractivity contribution is 7.89. The average Bonchev–Trinajstić information content (AvgIpc) is 2.70. The van der Waals surface area contributed by atoms with Crippen LogP contribution in [0, 0.1) is 0 Å². The summed E-state index contributed by atoms with van der Waals surface area (Å²) < 4.78 is 27.9. The number of hydrogen-bond acceptors (Lipinski definition) is 4. The highest BCUT2D eigenvalue weighted by atomic mass is 32.2. The first-order valence-corrected chi connectivity index (χ1v) is 7.75. The number of amides is 1. The predicted molar refractivity (Wildman–Crippen MR) is 74.7 cm³/mol. The molecule has 0 aromatic carbocycles. The first-order chi connectivity index (χ1) is 9.09. The number of nitrogens with one attached hydrogen (secondary N) is 1. The van der Waals surface area contributed by atoms with Crippen molar-refractivity contribution in [3.8, 4) is 0 Å². The van der Waals surface area contributed by atoms with Crippen molar-refractivity contribution in [1.29, 1.82) is 0 Å². The molecule has 0 aliphatic carbocycles. The highest BCUT2D eigenvalue weighted by Gasteiger charge is 2.25. The van der Waals surface area contributed by atoms with E-state index in [9.17, 15) is 18.3 Å². The van der Waals surface area contributed by atoms with Gasteiger partial charge >= 0.3 is 0 Å². The van der Waals surface area contributed by atoms with Gasteiger partial charge in [0.1, 0.15) is 10.6 Å². The third-order valence-corrected chi connectivity index (χ3v) is 4.34. The van der Waals surface area contributed by atoms with Gasteiger partial charge in [0.25, 0.3) is 5.91 Å². The molecule has 1 aromatic heterocycles. The molecule has 0 aliphatic rings. The molecule has 1 aromatic rings. The second kappa shape index (κ2) is 5.94. The van der Waals surface area contributed by atoms with Crippen molar-refractivity contribution in [3.05, 3.63) is 18.0 Å². The number of nitrogens with two attached hydrogens (primary N) is 1. The van der Waals surface area contributed by atoms with Gasteiger partial charge in [-0.2, -0.15) is 0 Å². The van der Waals surface area contributed by atoms with Gasteiger partial charge in [-0.25, -0.2) is 13.1 Å². The van der Waals surface area contributed by atoms with E-state index in [-0.39, 0.29) is 17.1 Å². The highest BCUT2D eigenvalue weighted by Crippen LogP contribution is 2.15. The molecule has 0 spiro atoms. The van der Waals surface area contributed by atoms with Crippen LogP contribution in [0.1, 0.15) is 37.2 Å². The van der Waals surface area contributed by atoms with Crippen LogP contribution < -0.4 is 10.5 Å². The molecule has 0 aliphatic heterocycles. The zero-order valence-corrected chi connectivity index (χ0v) is 12.7. The number of hydrogen-bond donors (Lipinski definition) is 3. The lowest BCUT2D eigenvalue weighted by molar-refractivity contribution is 0.0554. The third kappa shape index (κ3) is 4.06. The Morgan fingerprint density at radius 2 is 2.15 bits per heavy atom. The largest absolute Gasteiger partial charge is 0.389 e. The van der Waals surface area contributed by atoms with Gasteiger partial charge in [0.2, 0.25) is 10.0 Å². The predicted octanol–water partition coefficient (Wildman–Crippen LogP) is -0.0466. The minimum absolute atomic E-state index is 0.0545. The molecule has 0 fully saturated rings. The van der Waals surface area contributed by atoms with Crippen LogP contribution in [-0.2, 0) is 17.1 Å². The van der Waals surface area contributed by atoms with E-state index in [1.807, 2.05) is 6.92 Å². The Kier molecular flexibility index (Phi) is 4.95. The molecule has 0 bridgehead atoms. The van der Waals surface area contributed by atoms with E-state index in [1.54, 1.807) is 6.92 Å². The van der Waals surface area contributed by atoms with Crippen LogP contribution in [0.4, 0.5) is 0 Å². The number of aliphatic hydroxyl groups is 1. The van der Waals surface area contributed by atoms with Gasteiger partial charge in [0.15, 0.2) is 0 Å². The summed E-state index contributed by atoms with van der Waals surface area (Å²) in [4.78, 5) is 11.1. The lowest BCUT2D eigenvalue weighted by atomic mass is 10.0. The van der Waals surface area contributed by atoms with Gasteiger partial charge in [-0.1, -0.05) is 13.3 Å². The molecule has 0 saturated heterocycles. The molecule has 1 heterocycles. The van der Waals surface area contributed by atoms with E-state index >= 15 is 0 Å². The number of carbonyl (C=O) groups excluding carboxylic acids is 1. The number of carbonyl (C=O) groups is 1. The first-order valence-electron chi connectivity index (χ1n) is 6.27. The summed E-state index contributed by atoms with van der Waals surface area (Å²) in [6.07, 6.45) is 2.53. The molecule has 4 N–H and O–H groups in total. The van der Waals surface area contributed by atoms with Gasteiger partial charge in [-0.15, -0.1) is 0 Å². The number of rotatable bonds is 7. The first kappa shape index (κ1) is 16.7. The molecular formula is C12H21N3O4S. The Morgan fingerprint density at radius 3 is 2.60 bits per heavy atom. The summed E-state index contributed by atoms with van der Waals surface area (Å²) in [5.74, 6) is -0.702. The molecule has 1 atom stereocenters. The van der Waals surface area contributed by atoms with E-state index in [1.165, 1.54) is 23.9 Å². The number of primary amides is 1. The minimum Gasteiger partial charge on any atom is -0.389 e. The van der Waals surface area contributed by atoms with E-state index in [2.05, 4.69) is 4.72 Å². The van der Waals surface area contributed by atoms with E-state index in [0.717, 1.165) is 6.42 Å². The molecule has 8 heteroatoms. The summed E-state index contributed by atoms with van der Waals surface area (Å²) in [7, 11) is -2.25. The van der Waals surface area contributed by atoms with Gasteiger partial charge in [0.05, 0.1) is 5.60 Å². The van der Waals surface area contributed by atoms with Crippen molar-refractivity contribution in [2.75, 3.05) is 6.54 Å². The number of aromatic nitrogens is 1. The maximum absolute atomic E-state index is 12.1. The van der Waals surface area contributed by atoms with Crippen LogP contribution in [0.3, 0.4) is 0 Å². The fraction of sp³-hybridized carbons (Fsp3) is 0.583. The number of nitrogens with zero attached hydrogens (tertiary/aromatic N) is 1. The summed E-state index contributed by atoms with van der Waals surface area (Å²) in [6.45, 7) is 3.38. The summed E-state index contributed by atoms with van der Waals surface area (Å²) >= 11 is 0. The lowest BCUT2D eigenvalue weighted by Crippen LogP contribution is -2.40. The van der Waals surface area contributed by atoms with Crippen molar-refractivity contribution in [2.45, 2.75) is 37.2 Å². The Balaban J connectivity index is 2.90. The molecule has 114 valence electrons. The maximum atomic E-state index is 12.1. The molecule has 7 nitrogen and oxygen atoms in total. The topological polar surface area (TPSA) is 114 Å². The smallest absolute Gasteiger partial charge is 0.265 e. The molecular weight excluding hydrogens is 282 g/mol. The zero-order valence-electron chi connectivity index (χ0n) is 11.9. The minimum atomic E-state index is -3.79. The standard InChI is InChI=1S/C12H21N3O4S/c1-4-5-12(2,17)8-14-20(18,19)9-6-10(11(13)16)15(3)7-9/h6-7,14,17H,4-5,8H2,1-3H3,(H2,13,16). The second-order valence-corrected chi connectivity index (χ2v) is 6.87. The van der Waals surface area contributed by atoms with Crippen LogP contribution in [-0.4, -0.2) is 36.1 Å². The maximum Gasteiger partial charge on any atom is 0.265 e. The molecule has 1 unspecified atom stereocenters. The summed E-state index contributed by atoms with van der Waals surface area (Å²) in [5, 5.41) is 9.97. The van der Waals surface area contributed by atoms with Crippen molar-refractivity contribution >= 4 is 15.9 Å². The number of aryl methyl sites for hydroxylation is 1. The van der Waals surface area contributed by atoms with Crippen LogP contribution in [0.15, 0.2) is 17.2 Å². The van der Waals surface area contributed by atoms with Crippen LogP contribution in [0.5, 0.6) is 0 Å². The molecule has 20 heavy (non-hydrogen) atoms. The molecule has 0 radical (unpaired) electrons. The summed E-state index contributed by atoms with van der Waals surface area (Å²) in [5.41, 5.74) is 4.13. The molecule has 1 amide bonds. The summed E-state index contributed by atoms with van der Waals surface area (Å²) in [6, 6.07) is 1.21. The molecule has 0 saturated carbocycles. The van der Waals surface area contributed by atoms with Crippen LogP contribution in [0.25, 0.3) is 0 Å². The average molecular weight is 303 g/mol. The number of sulfonamides is 1. The Bertz CT molecular complexity index is 590. The Morgan fingerprint density at radius 1 is 1.55 bits per heavy atom. The fourth-order valence-electron chi connectivity index (χ4n) is 1.89. The van der Waals surface area contributed by atoms with E-state index in [4.69, 9.17) is 5.73 Å². The van der Waals surface area contributed by atoms with E-state index in [0.29, 0.717) is 6.42 Å².